The summed E-state index contributed by atoms with van der Waals surface area (Å²) in [5, 5.41) is 0. The van der Waals surface area contributed by atoms with Crippen LogP contribution < -0.4 is 0 Å². The van der Waals surface area contributed by atoms with Crippen molar-refractivity contribution in [1.82, 2.24) is 4.57 Å². The van der Waals surface area contributed by atoms with E-state index in [0.29, 0.717) is 12.2 Å². The summed E-state index contributed by atoms with van der Waals surface area (Å²) >= 11 is 0. The third kappa shape index (κ3) is 4.48. The third-order valence-corrected chi connectivity index (χ3v) is 3.99. The van der Waals surface area contributed by atoms with Crippen LogP contribution in [0, 0.1) is 0 Å². The third-order valence-electron chi connectivity index (χ3n) is 3.99. The van der Waals surface area contributed by atoms with Gasteiger partial charge in [-0.25, -0.2) is 4.79 Å². The lowest BCUT2D eigenvalue weighted by molar-refractivity contribution is 0.0500. The number of carbonyl (C=O) groups excluding carboxylic acids is 1. The molecule has 0 aliphatic rings. The van der Waals surface area contributed by atoms with Gasteiger partial charge in [0.1, 0.15) is 0 Å². The zero-order valence-corrected chi connectivity index (χ0v) is 14.8. The number of ether oxygens (including phenoxy) is 1. The van der Waals surface area contributed by atoms with Crippen molar-refractivity contribution < 1.29 is 9.53 Å². The summed E-state index contributed by atoms with van der Waals surface area (Å²) in [5.74, 6) is -0.285. The summed E-state index contributed by atoms with van der Waals surface area (Å²) in [4.78, 5) is 16.4. The number of rotatable bonds is 7. The maximum absolute atomic E-state index is 11.9. The first-order chi connectivity index (χ1) is 12.8. The van der Waals surface area contributed by atoms with Crippen molar-refractivity contribution in [3.8, 4) is 5.69 Å². The van der Waals surface area contributed by atoms with E-state index < -0.39 is 0 Å². The highest BCUT2D eigenvalue weighted by molar-refractivity contribution is 5.90. The van der Waals surface area contributed by atoms with Gasteiger partial charge in [0.05, 0.1) is 29.8 Å². The van der Waals surface area contributed by atoms with Gasteiger partial charge in [-0.05, 0) is 55.0 Å². The van der Waals surface area contributed by atoms with E-state index in [2.05, 4.69) is 28.6 Å². The van der Waals surface area contributed by atoms with Gasteiger partial charge in [-0.2, -0.15) is 0 Å². The Hall–Kier alpha value is -3.14. The van der Waals surface area contributed by atoms with Gasteiger partial charge >= 0.3 is 5.97 Å². The fourth-order valence-corrected chi connectivity index (χ4v) is 2.54. The second kappa shape index (κ2) is 8.81. The van der Waals surface area contributed by atoms with Gasteiger partial charge in [0, 0.05) is 11.9 Å². The number of esters is 1. The highest BCUT2D eigenvalue weighted by Crippen LogP contribution is 2.16. The predicted molar refractivity (Wildman–Crippen MR) is 105 cm³/mol. The molecule has 3 aromatic rings. The predicted octanol–water partition coefficient (Wildman–Crippen LogP) is 5.18. The number of hydrogen-bond donors (Lipinski definition) is 0. The van der Waals surface area contributed by atoms with Crippen molar-refractivity contribution in [2.45, 2.75) is 19.8 Å². The molecule has 0 atom stereocenters. The van der Waals surface area contributed by atoms with E-state index in [9.17, 15) is 4.79 Å². The van der Waals surface area contributed by atoms with E-state index in [1.807, 2.05) is 54.9 Å². The Bertz CT molecular complexity index is 865. The normalized spacial score (nSPS) is 11.0. The fourth-order valence-electron chi connectivity index (χ4n) is 2.54. The highest BCUT2D eigenvalue weighted by atomic mass is 16.5. The van der Waals surface area contributed by atoms with E-state index >= 15 is 0 Å². The summed E-state index contributed by atoms with van der Waals surface area (Å²) in [6, 6.07) is 21.3. The molecule has 132 valence electrons. The standard InChI is InChI=1S/C22H22N2O2/c1-2-3-16-26-22(25)18-11-13-19(14-12-18)23-17-21-10-7-15-24(21)20-8-5-4-6-9-20/h4-15,17H,2-3,16H2,1H3. The highest BCUT2D eigenvalue weighted by Gasteiger charge is 2.06. The van der Waals surface area contributed by atoms with E-state index in [0.717, 1.165) is 29.9 Å². The van der Waals surface area contributed by atoms with E-state index in [4.69, 9.17) is 4.74 Å². The summed E-state index contributed by atoms with van der Waals surface area (Å²) < 4.78 is 7.28. The number of para-hydroxylation sites is 1. The Kier molecular flexibility index (Phi) is 5.99. The van der Waals surface area contributed by atoms with Crippen molar-refractivity contribution in [3.05, 3.63) is 84.2 Å². The first-order valence-corrected chi connectivity index (χ1v) is 8.82. The van der Waals surface area contributed by atoms with Gasteiger partial charge in [0.25, 0.3) is 0 Å². The zero-order valence-electron chi connectivity index (χ0n) is 14.8. The van der Waals surface area contributed by atoms with Crippen molar-refractivity contribution in [3.63, 3.8) is 0 Å². The second-order valence-electron chi connectivity index (χ2n) is 5.93. The largest absolute Gasteiger partial charge is 0.462 e. The maximum Gasteiger partial charge on any atom is 0.338 e. The Balaban J connectivity index is 1.68. The van der Waals surface area contributed by atoms with Crippen LogP contribution in [-0.2, 0) is 4.74 Å². The monoisotopic (exact) mass is 346 g/mol. The first-order valence-electron chi connectivity index (χ1n) is 8.82. The molecule has 0 aliphatic carbocycles. The lowest BCUT2D eigenvalue weighted by Crippen LogP contribution is -2.05. The number of carbonyl (C=O) groups is 1. The lowest BCUT2D eigenvalue weighted by Gasteiger charge is -2.06. The van der Waals surface area contributed by atoms with Crippen LogP contribution in [0.15, 0.2) is 77.9 Å². The van der Waals surface area contributed by atoms with Crippen molar-refractivity contribution in [2.75, 3.05) is 6.61 Å². The number of unbranched alkanes of at least 4 members (excludes halogenated alkanes) is 1. The molecule has 26 heavy (non-hydrogen) atoms. The molecular formula is C22H22N2O2. The van der Waals surface area contributed by atoms with E-state index in [-0.39, 0.29) is 5.97 Å². The Morgan fingerprint density at radius 1 is 1.04 bits per heavy atom. The van der Waals surface area contributed by atoms with Gasteiger partial charge in [-0.3, -0.25) is 4.99 Å². The average Bonchev–Trinajstić information content (AvgIpc) is 3.16. The van der Waals surface area contributed by atoms with Crippen LogP contribution in [0.25, 0.3) is 5.69 Å². The smallest absolute Gasteiger partial charge is 0.338 e. The fraction of sp³-hybridized carbons (Fsp3) is 0.182. The molecular weight excluding hydrogens is 324 g/mol. The van der Waals surface area contributed by atoms with Gasteiger partial charge in [-0.1, -0.05) is 31.5 Å². The van der Waals surface area contributed by atoms with Gasteiger partial charge < -0.3 is 9.30 Å². The first kappa shape index (κ1) is 17.7. The number of aromatic nitrogens is 1. The van der Waals surface area contributed by atoms with Crippen LogP contribution in [0.1, 0.15) is 35.8 Å². The van der Waals surface area contributed by atoms with Crippen LogP contribution in [0.2, 0.25) is 0 Å². The molecule has 0 amide bonds. The zero-order chi connectivity index (χ0) is 18.2. The minimum Gasteiger partial charge on any atom is -0.462 e. The Labute approximate surface area is 153 Å². The molecule has 0 N–H and O–H groups in total. The Morgan fingerprint density at radius 2 is 1.81 bits per heavy atom. The Morgan fingerprint density at radius 3 is 2.54 bits per heavy atom. The quantitative estimate of drug-likeness (QED) is 0.336. The number of benzene rings is 2. The molecule has 1 aromatic heterocycles. The van der Waals surface area contributed by atoms with E-state index in [1.165, 1.54) is 0 Å². The van der Waals surface area contributed by atoms with Gasteiger partial charge in [0.15, 0.2) is 0 Å². The molecule has 0 fully saturated rings. The molecule has 0 unspecified atom stereocenters. The number of nitrogens with zero attached hydrogens (tertiary/aromatic N) is 2. The maximum atomic E-state index is 11.9. The van der Waals surface area contributed by atoms with Crippen molar-refractivity contribution in [2.24, 2.45) is 4.99 Å². The van der Waals surface area contributed by atoms with Crippen LogP contribution in [0.3, 0.4) is 0 Å². The average molecular weight is 346 g/mol. The van der Waals surface area contributed by atoms with Crippen LogP contribution >= 0.6 is 0 Å². The molecule has 4 nitrogen and oxygen atoms in total. The SMILES string of the molecule is CCCCOC(=O)c1ccc(N=Cc2cccn2-c2ccccc2)cc1. The summed E-state index contributed by atoms with van der Waals surface area (Å²) in [5.41, 5.74) is 3.41. The second-order valence-corrected chi connectivity index (χ2v) is 5.93. The molecule has 0 aliphatic heterocycles. The lowest BCUT2D eigenvalue weighted by atomic mass is 10.2. The topological polar surface area (TPSA) is 43.6 Å². The summed E-state index contributed by atoms with van der Waals surface area (Å²) in [7, 11) is 0. The van der Waals surface area contributed by atoms with Gasteiger partial charge in [0.2, 0.25) is 0 Å². The minimum atomic E-state index is -0.285. The molecule has 4 heteroatoms. The molecule has 2 aromatic carbocycles. The van der Waals surface area contributed by atoms with Crippen molar-refractivity contribution in [1.29, 1.82) is 0 Å². The van der Waals surface area contributed by atoms with Crippen LogP contribution in [0.5, 0.6) is 0 Å². The number of aliphatic imine (C=N–C) groups is 1. The molecule has 0 spiro atoms. The van der Waals surface area contributed by atoms with Crippen LogP contribution in [-0.4, -0.2) is 23.4 Å². The number of hydrogen-bond acceptors (Lipinski definition) is 3. The summed E-state index contributed by atoms with van der Waals surface area (Å²) in [6.07, 6.45) is 5.72. The van der Waals surface area contributed by atoms with Crippen LogP contribution in [0.4, 0.5) is 5.69 Å². The minimum absolute atomic E-state index is 0.285. The molecule has 0 radical (unpaired) electrons. The summed E-state index contributed by atoms with van der Waals surface area (Å²) in [6.45, 7) is 2.53. The van der Waals surface area contributed by atoms with Crippen molar-refractivity contribution >= 4 is 17.9 Å². The molecule has 0 bridgehead atoms. The molecule has 3 rings (SSSR count). The molecule has 0 saturated carbocycles. The molecule has 0 saturated heterocycles. The molecule has 1 heterocycles. The van der Waals surface area contributed by atoms with E-state index in [1.54, 1.807) is 12.1 Å². The van der Waals surface area contributed by atoms with Gasteiger partial charge in [-0.15, -0.1) is 0 Å².